The maximum atomic E-state index is 4.35. The van der Waals surface area contributed by atoms with Crippen LogP contribution in [0, 0.1) is 0 Å². The summed E-state index contributed by atoms with van der Waals surface area (Å²) < 4.78 is 0. The van der Waals surface area contributed by atoms with Crippen LogP contribution in [-0.4, -0.2) is 63.8 Å². The van der Waals surface area contributed by atoms with Crippen LogP contribution >= 0.6 is 0 Å². The molecular formula is C30H42N4. The van der Waals surface area contributed by atoms with Gasteiger partial charge in [0.15, 0.2) is 0 Å². The van der Waals surface area contributed by atoms with Crippen molar-refractivity contribution in [3.63, 3.8) is 0 Å². The molecule has 34 heavy (non-hydrogen) atoms. The maximum absolute atomic E-state index is 4.35. The van der Waals surface area contributed by atoms with E-state index in [2.05, 4.69) is 86.2 Å². The van der Waals surface area contributed by atoms with Crippen LogP contribution in [-0.2, 0) is 6.42 Å². The number of rotatable bonds is 4. The van der Waals surface area contributed by atoms with E-state index in [4.69, 9.17) is 0 Å². The molecule has 0 radical (unpaired) electrons. The third-order valence-corrected chi connectivity index (χ3v) is 6.48. The Hall–Kier alpha value is -3.14. The lowest BCUT2D eigenvalue weighted by Gasteiger charge is -2.16. The first-order valence-corrected chi connectivity index (χ1v) is 11.9. The molecule has 3 rings (SSSR count). The van der Waals surface area contributed by atoms with Crippen LogP contribution in [0.2, 0.25) is 0 Å². The number of allylic oxidation sites excluding steroid dienone is 4. The van der Waals surface area contributed by atoms with E-state index in [1.54, 1.807) is 11.1 Å². The van der Waals surface area contributed by atoms with Crippen molar-refractivity contribution in [1.29, 1.82) is 0 Å². The van der Waals surface area contributed by atoms with Crippen molar-refractivity contribution in [3.05, 3.63) is 93.1 Å². The Labute approximate surface area is 207 Å². The highest BCUT2D eigenvalue weighted by Gasteiger charge is 2.10. The fourth-order valence-electron chi connectivity index (χ4n) is 4.26. The standard InChI is InChI=1S/C21H28N4.C9H14/c1-22-20(24(3)4)18-11-7-16(8-12-18)15-17-9-13-19(14-10-17)21(23-2)25(5)6;1-6-5-7(2)9(4)8(6)3/h7-14H,15H2,1-6H3;5H2,1-4H3. The molecule has 182 valence electrons. The molecule has 0 bridgehead atoms. The highest BCUT2D eigenvalue weighted by atomic mass is 15.1. The SMILES string of the molecule is CC1=C(C)C(C)=C(C)C1.CN=C(c1ccc(Cc2ccc(C(=NC)N(C)C)cc2)cc1)N(C)C. The molecule has 0 aromatic heterocycles. The van der Waals surface area contributed by atoms with E-state index in [0.29, 0.717) is 0 Å². The summed E-state index contributed by atoms with van der Waals surface area (Å²) in [5, 5.41) is 0. The summed E-state index contributed by atoms with van der Waals surface area (Å²) in [5.74, 6) is 1.98. The van der Waals surface area contributed by atoms with Crippen LogP contribution in [0.4, 0.5) is 0 Å². The Morgan fingerprint density at radius 3 is 1.15 bits per heavy atom. The molecule has 0 spiro atoms. The Morgan fingerprint density at radius 1 is 0.618 bits per heavy atom. The van der Waals surface area contributed by atoms with Gasteiger partial charge >= 0.3 is 0 Å². The summed E-state index contributed by atoms with van der Waals surface area (Å²) in [5.41, 5.74) is 11.0. The molecule has 1 aliphatic rings. The molecule has 0 atom stereocenters. The second-order valence-electron chi connectivity index (χ2n) is 9.44. The third-order valence-electron chi connectivity index (χ3n) is 6.48. The highest BCUT2D eigenvalue weighted by molar-refractivity contribution is 5.99. The van der Waals surface area contributed by atoms with Gasteiger partial charge < -0.3 is 9.80 Å². The molecule has 0 N–H and O–H groups in total. The van der Waals surface area contributed by atoms with Crippen molar-refractivity contribution in [2.24, 2.45) is 9.98 Å². The number of nitrogens with zero attached hydrogens (tertiary/aromatic N) is 4. The number of amidine groups is 2. The van der Waals surface area contributed by atoms with Crippen molar-refractivity contribution < 1.29 is 0 Å². The number of hydrogen-bond acceptors (Lipinski definition) is 2. The van der Waals surface area contributed by atoms with Gasteiger partial charge in [-0.25, -0.2) is 0 Å². The Bertz CT molecular complexity index is 992. The van der Waals surface area contributed by atoms with Crippen molar-refractivity contribution >= 4 is 11.7 Å². The molecule has 4 heteroatoms. The van der Waals surface area contributed by atoms with Crippen LogP contribution < -0.4 is 0 Å². The summed E-state index contributed by atoms with van der Waals surface area (Å²) in [4.78, 5) is 12.8. The van der Waals surface area contributed by atoms with Gasteiger partial charge in [-0.15, -0.1) is 0 Å². The minimum absolute atomic E-state index is 0.918. The van der Waals surface area contributed by atoms with Crippen LogP contribution in [0.5, 0.6) is 0 Å². The highest BCUT2D eigenvalue weighted by Crippen LogP contribution is 2.30. The van der Waals surface area contributed by atoms with E-state index in [0.717, 1.165) is 29.2 Å². The molecular weight excluding hydrogens is 416 g/mol. The van der Waals surface area contributed by atoms with Crippen LogP contribution in [0.15, 0.2) is 80.8 Å². The average molecular weight is 459 g/mol. The smallest absolute Gasteiger partial charge is 0.130 e. The Morgan fingerprint density at radius 2 is 0.941 bits per heavy atom. The van der Waals surface area contributed by atoms with Crippen LogP contribution in [0.25, 0.3) is 0 Å². The van der Waals surface area contributed by atoms with Gasteiger partial charge in [-0.2, -0.15) is 0 Å². The molecule has 0 unspecified atom stereocenters. The lowest BCUT2D eigenvalue weighted by atomic mass is 10.0. The van der Waals surface area contributed by atoms with Crippen molar-refractivity contribution in [2.45, 2.75) is 40.5 Å². The van der Waals surface area contributed by atoms with Gasteiger partial charge in [0, 0.05) is 53.4 Å². The zero-order valence-corrected chi connectivity index (χ0v) is 22.8. The normalized spacial score (nSPS) is 14.3. The molecule has 0 aliphatic heterocycles. The molecule has 2 aromatic carbocycles. The van der Waals surface area contributed by atoms with Gasteiger partial charge in [-0.1, -0.05) is 59.7 Å². The molecule has 0 amide bonds. The number of hydrogen-bond donors (Lipinski definition) is 0. The summed E-state index contributed by atoms with van der Waals surface area (Å²) in [7, 11) is 11.7. The van der Waals surface area contributed by atoms with Crippen molar-refractivity contribution in [3.8, 4) is 0 Å². The third kappa shape index (κ3) is 6.93. The van der Waals surface area contributed by atoms with Gasteiger partial charge in [-0.05, 0) is 62.8 Å². The zero-order chi connectivity index (χ0) is 25.4. The second-order valence-corrected chi connectivity index (χ2v) is 9.44. The minimum Gasteiger partial charge on any atom is -0.363 e. The van der Waals surface area contributed by atoms with Crippen molar-refractivity contribution in [2.75, 3.05) is 42.3 Å². The molecule has 2 aromatic rings. The first-order valence-electron chi connectivity index (χ1n) is 11.9. The van der Waals surface area contributed by atoms with E-state index in [1.165, 1.54) is 28.7 Å². The largest absolute Gasteiger partial charge is 0.363 e. The van der Waals surface area contributed by atoms with Gasteiger partial charge in [0.2, 0.25) is 0 Å². The van der Waals surface area contributed by atoms with E-state index in [1.807, 2.05) is 52.1 Å². The van der Waals surface area contributed by atoms with E-state index >= 15 is 0 Å². The number of aliphatic imine (C=N–C) groups is 2. The van der Waals surface area contributed by atoms with Crippen molar-refractivity contribution in [1.82, 2.24) is 9.80 Å². The monoisotopic (exact) mass is 458 g/mol. The van der Waals surface area contributed by atoms with Crippen LogP contribution in [0.3, 0.4) is 0 Å². The Kier molecular flexibility index (Phi) is 9.85. The molecule has 0 saturated heterocycles. The lowest BCUT2D eigenvalue weighted by Crippen LogP contribution is -2.22. The summed E-state index contributed by atoms with van der Waals surface area (Å²) >= 11 is 0. The topological polar surface area (TPSA) is 31.2 Å². The van der Waals surface area contributed by atoms with Gasteiger partial charge in [-0.3, -0.25) is 9.98 Å². The van der Waals surface area contributed by atoms with Gasteiger partial charge in [0.05, 0.1) is 0 Å². The quantitative estimate of drug-likeness (QED) is 0.402. The van der Waals surface area contributed by atoms with Gasteiger partial charge in [0.25, 0.3) is 0 Å². The molecule has 0 heterocycles. The molecule has 0 saturated carbocycles. The summed E-state index contributed by atoms with van der Waals surface area (Å²) in [6, 6.07) is 17.3. The first-order chi connectivity index (χ1) is 16.1. The molecule has 0 fully saturated rings. The Balaban J connectivity index is 0.000000379. The molecule has 1 aliphatic carbocycles. The lowest BCUT2D eigenvalue weighted by molar-refractivity contribution is 0.622. The first kappa shape index (κ1) is 27.1. The molecule has 4 nitrogen and oxygen atoms in total. The maximum Gasteiger partial charge on any atom is 0.130 e. The fourth-order valence-corrected chi connectivity index (χ4v) is 4.26. The average Bonchev–Trinajstić information content (AvgIpc) is 3.02. The predicted octanol–water partition coefficient (Wildman–Crippen LogP) is 6.22. The summed E-state index contributed by atoms with van der Waals surface area (Å²) in [6.45, 7) is 8.85. The van der Waals surface area contributed by atoms with E-state index < -0.39 is 0 Å². The van der Waals surface area contributed by atoms with E-state index in [-0.39, 0.29) is 0 Å². The minimum atomic E-state index is 0.918. The number of benzene rings is 2. The van der Waals surface area contributed by atoms with E-state index in [9.17, 15) is 0 Å². The van der Waals surface area contributed by atoms with Crippen LogP contribution in [0.1, 0.15) is 56.4 Å². The second kappa shape index (κ2) is 12.4. The van der Waals surface area contributed by atoms with Gasteiger partial charge in [0.1, 0.15) is 11.7 Å². The fraction of sp³-hybridized carbons (Fsp3) is 0.400. The zero-order valence-electron chi connectivity index (χ0n) is 22.8. The predicted molar refractivity (Wildman–Crippen MR) is 149 cm³/mol. The summed E-state index contributed by atoms with van der Waals surface area (Å²) in [6.07, 6.45) is 2.12.